The number of hydrogen-bond acceptors (Lipinski definition) is 2. The van der Waals surface area contributed by atoms with Crippen molar-refractivity contribution in [2.45, 2.75) is 20.0 Å². The normalized spacial score (nSPS) is 12.8. The van der Waals surface area contributed by atoms with Crippen LogP contribution < -0.4 is 0 Å². The Balaban J connectivity index is 2.38. The maximum Gasteiger partial charge on any atom is 0.113 e. The topological polar surface area (TPSA) is 20.2 Å². The molecule has 0 aliphatic rings. The molecule has 0 saturated heterocycles. The quantitative estimate of drug-likeness (QED) is 0.880. The smallest absolute Gasteiger partial charge is 0.113 e. The van der Waals surface area contributed by atoms with Crippen molar-refractivity contribution in [1.82, 2.24) is 0 Å². The molecule has 0 aliphatic heterocycles. The van der Waals surface area contributed by atoms with E-state index in [4.69, 9.17) is 0 Å². The average Bonchev–Trinajstić information content (AvgIpc) is 2.57. The number of halogens is 1. The van der Waals surface area contributed by atoms with Gasteiger partial charge in [0.1, 0.15) is 6.10 Å². The standard InChI is InChI=1S/C13H13BrOS/c1-8-6-9(2)16-13(8)12(15)10-4-3-5-11(14)7-10/h3-7,12,15H,1-2H3. The Hall–Kier alpha value is -0.640. The summed E-state index contributed by atoms with van der Waals surface area (Å²) < 4.78 is 0.995. The second-order valence-corrected chi connectivity index (χ2v) is 6.07. The van der Waals surface area contributed by atoms with E-state index in [2.05, 4.69) is 28.9 Å². The van der Waals surface area contributed by atoms with E-state index in [1.54, 1.807) is 11.3 Å². The van der Waals surface area contributed by atoms with Gasteiger partial charge >= 0.3 is 0 Å². The largest absolute Gasteiger partial charge is 0.383 e. The zero-order valence-corrected chi connectivity index (χ0v) is 11.6. The first-order chi connectivity index (χ1) is 7.58. The molecule has 84 valence electrons. The van der Waals surface area contributed by atoms with Crippen molar-refractivity contribution in [1.29, 1.82) is 0 Å². The zero-order chi connectivity index (χ0) is 11.7. The van der Waals surface area contributed by atoms with Crippen LogP contribution in [0.1, 0.15) is 27.0 Å². The molecule has 2 rings (SSSR count). The lowest BCUT2D eigenvalue weighted by Gasteiger charge is -2.10. The molecular weight excluding hydrogens is 284 g/mol. The van der Waals surface area contributed by atoms with Crippen LogP contribution >= 0.6 is 27.3 Å². The van der Waals surface area contributed by atoms with Crippen molar-refractivity contribution in [3.8, 4) is 0 Å². The van der Waals surface area contributed by atoms with Gasteiger partial charge in [-0.15, -0.1) is 11.3 Å². The van der Waals surface area contributed by atoms with E-state index in [1.165, 1.54) is 4.88 Å². The number of aryl methyl sites for hydroxylation is 2. The third kappa shape index (κ3) is 2.37. The Bertz CT molecular complexity index is 504. The fourth-order valence-electron chi connectivity index (χ4n) is 1.76. The van der Waals surface area contributed by atoms with Crippen molar-refractivity contribution in [2.24, 2.45) is 0 Å². The molecule has 1 atom stereocenters. The zero-order valence-electron chi connectivity index (χ0n) is 9.20. The summed E-state index contributed by atoms with van der Waals surface area (Å²) >= 11 is 5.08. The lowest BCUT2D eigenvalue weighted by atomic mass is 10.1. The molecule has 0 aliphatic carbocycles. The Morgan fingerprint density at radius 1 is 1.25 bits per heavy atom. The van der Waals surface area contributed by atoms with E-state index < -0.39 is 6.10 Å². The molecule has 0 amide bonds. The van der Waals surface area contributed by atoms with Crippen molar-refractivity contribution < 1.29 is 5.11 Å². The van der Waals surface area contributed by atoms with Crippen molar-refractivity contribution >= 4 is 27.3 Å². The van der Waals surface area contributed by atoms with Gasteiger partial charge in [-0.2, -0.15) is 0 Å². The third-order valence-electron chi connectivity index (χ3n) is 2.49. The first-order valence-corrected chi connectivity index (χ1v) is 6.69. The number of thiophene rings is 1. The van der Waals surface area contributed by atoms with Crippen molar-refractivity contribution in [3.63, 3.8) is 0 Å². The minimum Gasteiger partial charge on any atom is -0.383 e. The minimum absolute atomic E-state index is 0.517. The molecule has 1 unspecified atom stereocenters. The molecule has 1 heterocycles. The van der Waals surface area contributed by atoms with E-state index in [9.17, 15) is 5.11 Å². The van der Waals surface area contributed by atoms with Crippen molar-refractivity contribution in [2.75, 3.05) is 0 Å². The molecule has 2 aromatic rings. The summed E-state index contributed by atoms with van der Waals surface area (Å²) in [5, 5.41) is 10.3. The van der Waals surface area contributed by atoms with Gasteiger partial charge in [-0.25, -0.2) is 0 Å². The summed E-state index contributed by atoms with van der Waals surface area (Å²) in [5.74, 6) is 0. The van der Waals surface area contributed by atoms with Crippen LogP contribution in [-0.4, -0.2) is 5.11 Å². The molecule has 3 heteroatoms. The highest BCUT2D eigenvalue weighted by molar-refractivity contribution is 9.10. The van der Waals surface area contributed by atoms with E-state index in [0.717, 1.165) is 20.5 Å². The van der Waals surface area contributed by atoms with Crippen LogP contribution in [0.2, 0.25) is 0 Å². The van der Waals surface area contributed by atoms with Crippen LogP contribution in [0, 0.1) is 13.8 Å². The summed E-state index contributed by atoms with van der Waals surface area (Å²) in [5.41, 5.74) is 2.09. The number of hydrogen-bond donors (Lipinski definition) is 1. The van der Waals surface area contributed by atoms with E-state index >= 15 is 0 Å². The van der Waals surface area contributed by atoms with Crippen LogP contribution in [0.3, 0.4) is 0 Å². The SMILES string of the molecule is Cc1cc(C)c(C(O)c2cccc(Br)c2)s1. The van der Waals surface area contributed by atoms with E-state index in [1.807, 2.05) is 31.2 Å². The molecule has 0 saturated carbocycles. The number of benzene rings is 1. The molecule has 0 fully saturated rings. The predicted octanol–water partition coefficient (Wildman–Crippen LogP) is 4.21. The van der Waals surface area contributed by atoms with Crippen LogP contribution in [-0.2, 0) is 0 Å². The highest BCUT2D eigenvalue weighted by atomic mass is 79.9. The van der Waals surface area contributed by atoms with Gasteiger partial charge in [0.2, 0.25) is 0 Å². The summed E-state index contributed by atoms with van der Waals surface area (Å²) in [6.45, 7) is 4.11. The predicted molar refractivity (Wildman–Crippen MR) is 72.0 cm³/mol. The molecular formula is C13H13BrOS. The summed E-state index contributed by atoms with van der Waals surface area (Å²) in [6.07, 6.45) is -0.517. The maximum absolute atomic E-state index is 10.3. The lowest BCUT2D eigenvalue weighted by molar-refractivity contribution is 0.223. The van der Waals surface area contributed by atoms with Gasteiger partial charge in [-0.05, 0) is 43.2 Å². The molecule has 0 radical (unpaired) electrons. The second kappa shape index (κ2) is 4.70. The number of aliphatic hydroxyl groups excluding tert-OH is 1. The van der Waals surface area contributed by atoms with Gasteiger partial charge in [-0.1, -0.05) is 28.1 Å². The van der Waals surface area contributed by atoms with E-state index in [-0.39, 0.29) is 0 Å². The highest BCUT2D eigenvalue weighted by Crippen LogP contribution is 2.32. The lowest BCUT2D eigenvalue weighted by Crippen LogP contribution is -1.98. The molecule has 1 aromatic heterocycles. The van der Waals surface area contributed by atoms with Crippen LogP contribution in [0.4, 0.5) is 0 Å². The second-order valence-electron chi connectivity index (χ2n) is 3.86. The van der Waals surface area contributed by atoms with Gasteiger partial charge in [0.05, 0.1) is 0 Å². The van der Waals surface area contributed by atoms with Crippen molar-refractivity contribution in [3.05, 3.63) is 55.7 Å². The van der Waals surface area contributed by atoms with Gasteiger partial charge < -0.3 is 5.11 Å². The Labute approximate surface area is 108 Å². The Morgan fingerprint density at radius 2 is 2.00 bits per heavy atom. The van der Waals surface area contributed by atoms with Crippen LogP contribution in [0.15, 0.2) is 34.8 Å². The summed E-state index contributed by atoms with van der Waals surface area (Å²) in [4.78, 5) is 2.28. The molecule has 0 spiro atoms. The van der Waals surface area contributed by atoms with Gasteiger partial charge in [0, 0.05) is 14.2 Å². The molecule has 1 nitrogen and oxygen atoms in total. The molecule has 0 bridgehead atoms. The fraction of sp³-hybridized carbons (Fsp3) is 0.231. The monoisotopic (exact) mass is 296 g/mol. The molecule has 1 N–H and O–H groups in total. The maximum atomic E-state index is 10.3. The first kappa shape index (κ1) is 11.8. The summed E-state index contributed by atoms with van der Waals surface area (Å²) in [7, 11) is 0. The first-order valence-electron chi connectivity index (χ1n) is 5.08. The van der Waals surface area contributed by atoms with Gasteiger partial charge in [0.25, 0.3) is 0 Å². The Kier molecular flexibility index (Phi) is 3.47. The van der Waals surface area contributed by atoms with Crippen LogP contribution in [0.25, 0.3) is 0 Å². The van der Waals surface area contributed by atoms with Gasteiger partial charge in [0.15, 0.2) is 0 Å². The number of aliphatic hydroxyl groups is 1. The summed E-state index contributed by atoms with van der Waals surface area (Å²) in [6, 6.07) is 9.92. The van der Waals surface area contributed by atoms with E-state index in [0.29, 0.717) is 0 Å². The molecule has 16 heavy (non-hydrogen) atoms. The minimum atomic E-state index is -0.517. The Morgan fingerprint density at radius 3 is 2.56 bits per heavy atom. The average molecular weight is 297 g/mol. The number of rotatable bonds is 2. The fourth-order valence-corrected chi connectivity index (χ4v) is 3.23. The van der Waals surface area contributed by atoms with Gasteiger partial charge in [-0.3, -0.25) is 0 Å². The molecule has 1 aromatic carbocycles. The highest BCUT2D eigenvalue weighted by Gasteiger charge is 2.15. The third-order valence-corrected chi connectivity index (χ3v) is 4.19. The van der Waals surface area contributed by atoms with Crippen LogP contribution in [0.5, 0.6) is 0 Å².